The van der Waals surface area contributed by atoms with Crippen LogP contribution in [0.1, 0.15) is 39.9 Å². The van der Waals surface area contributed by atoms with Crippen LogP contribution in [0, 0.1) is 5.92 Å². The lowest BCUT2D eigenvalue weighted by atomic mass is 9.75. The summed E-state index contributed by atoms with van der Waals surface area (Å²) >= 11 is 19.0. The molecule has 128 valence electrons. The van der Waals surface area contributed by atoms with Crippen molar-refractivity contribution in [2.45, 2.75) is 18.4 Å². The monoisotopic (exact) mass is 393 g/mol. The van der Waals surface area contributed by atoms with Gasteiger partial charge in [-0.25, -0.2) is 4.79 Å². The van der Waals surface area contributed by atoms with Gasteiger partial charge in [0.15, 0.2) is 0 Å². The van der Waals surface area contributed by atoms with Crippen molar-refractivity contribution in [3.05, 3.63) is 74.2 Å². The molecule has 2 aliphatic rings. The van der Waals surface area contributed by atoms with Gasteiger partial charge in [-0.3, -0.25) is 0 Å². The molecule has 2 N–H and O–H groups in total. The van der Waals surface area contributed by atoms with Crippen molar-refractivity contribution < 1.29 is 9.90 Å². The normalized spacial score (nSPS) is 23.7. The number of anilines is 1. The second kappa shape index (κ2) is 6.24. The van der Waals surface area contributed by atoms with Gasteiger partial charge in [0.2, 0.25) is 0 Å². The van der Waals surface area contributed by atoms with Crippen molar-refractivity contribution in [3.63, 3.8) is 0 Å². The maximum atomic E-state index is 11.7. The zero-order valence-corrected chi connectivity index (χ0v) is 15.2. The first kappa shape index (κ1) is 16.8. The Kier molecular flexibility index (Phi) is 4.19. The molecule has 0 bridgehead atoms. The summed E-state index contributed by atoms with van der Waals surface area (Å²) in [6.07, 6.45) is 4.98. The van der Waals surface area contributed by atoms with Crippen molar-refractivity contribution >= 4 is 46.5 Å². The SMILES string of the molecule is O=C(O)c1ccc(Cl)c2c1[C@@H]1C=CC[C@@H]1[C@@H](c1cccc(Cl)c1Cl)N2. The fourth-order valence-electron chi connectivity index (χ4n) is 3.93. The first-order chi connectivity index (χ1) is 12.0. The van der Waals surface area contributed by atoms with E-state index < -0.39 is 5.97 Å². The van der Waals surface area contributed by atoms with Gasteiger partial charge in [-0.15, -0.1) is 0 Å². The molecule has 3 atom stereocenters. The highest BCUT2D eigenvalue weighted by Crippen LogP contribution is 2.53. The third kappa shape index (κ3) is 2.62. The molecule has 4 rings (SSSR count). The van der Waals surface area contributed by atoms with Gasteiger partial charge < -0.3 is 10.4 Å². The molecule has 0 fully saturated rings. The van der Waals surface area contributed by atoms with Crippen LogP contribution in [-0.2, 0) is 0 Å². The minimum Gasteiger partial charge on any atom is -0.478 e. The van der Waals surface area contributed by atoms with Crippen LogP contribution >= 0.6 is 34.8 Å². The van der Waals surface area contributed by atoms with E-state index in [4.69, 9.17) is 34.8 Å². The van der Waals surface area contributed by atoms with Gasteiger partial charge >= 0.3 is 5.97 Å². The minimum absolute atomic E-state index is 0.0268. The van der Waals surface area contributed by atoms with Crippen LogP contribution < -0.4 is 5.32 Å². The summed E-state index contributed by atoms with van der Waals surface area (Å²) in [7, 11) is 0. The van der Waals surface area contributed by atoms with E-state index >= 15 is 0 Å². The van der Waals surface area contributed by atoms with Crippen molar-refractivity contribution in [2.24, 2.45) is 5.92 Å². The van der Waals surface area contributed by atoms with E-state index in [9.17, 15) is 9.90 Å². The Balaban J connectivity index is 1.90. The van der Waals surface area contributed by atoms with Gasteiger partial charge in [0.1, 0.15) is 0 Å². The molecule has 0 radical (unpaired) electrons. The number of fused-ring (bicyclic) bond motifs is 3. The topological polar surface area (TPSA) is 49.3 Å². The van der Waals surface area contributed by atoms with Gasteiger partial charge in [0, 0.05) is 5.92 Å². The lowest BCUT2D eigenvalue weighted by molar-refractivity contribution is 0.0695. The van der Waals surface area contributed by atoms with Gasteiger partial charge in [0.25, 0.3) is 0 Å². The maximum Gasteiger partial charge on any atom is 0.336 e. The third-order valence-electron chi connectivity index (χ3n) is 5.02. The number of hydrogen-bond donors (Lipinski definition) is 2. The largest absolute Gasteiger partial charge is 0.478 e. The molecule has 0 aromatic heterocycles. The number of benzene rings is 2. The Morgan fingerprint density at radius 2 is 1.92 bits per heavy atom. The van der Waals surface area contributed by atoms with Crippen molar-refractivity contribution in [1.82, 2.24) is 0 Å². The van der Waals surface area contributed by atoms with E-state index in [-0.39, 0.29) is 23.4 Å². The molecular weight excluding hydrogens is 381 g/mol. The molecule has 0 saturated carbocycles. The highest BCUT2D eigenvalue weighted by atomic mass is 35.5. The fraction of sp³-hybridized carbons (Fsp3) is 0.211. The van der Waals surface area contributed by atoms with E-state index in [1.165, 1.54) is 0 Å². The van der Waals surface area contributed by atoms with Gasteiger partial charge in [0.05, 0.1) is 32.4 Å². The zero-order chi connectivity index (χ0) is 17.7. The molecule has 0 amide bonds. The summed E-state index contributed by atoms with van der Waals surface area (Å²) in [6, 6.07) is 8.66. The van der Waals surface area contributed by atoms with Crippen molar-refractivity contribution in [3.8, 4) is 0 Å². The van der Waals surface area contributed by atoms with Gasteiger partial charge in [-0.1, -0.05) is 59.1 Å². The second-order valence-corrected chi connectivity index (χ2v) is 7.50. The van der Waals surface area contributed by atoms with Crippen LogP contribution in [0.5, 0.6) is 0 Å². The summed E-state index contributed by atoms with van der Waals surface area (Å²) in [5, 5.41) is 14.5. The van der Waals surface area contributed by atoms with Gasteiger partial charge in [-0.2, -0.15) is 0 Å². The Labute approximate surface area is 160 Å². The summed E-state index contributed by atoms with van der Waals surface area (Å²) in [4.78, 5) is 11.7. The van der Waals surface area contributed by atoms with Crippen LogP contribution in [0.3, 0.4) is 0 Å². The average molecular weight is 395 g/mol. The first-order valence-electron chi connectivity index (χ1n) is 7.92. The first-order valence-corrected chi connectivity index (χ1v) is 9.05. The van der Waals surface area contributed by atoms with E-state index in [2.05, 4.69) is 17.5 Å². The molecule has 25 heavy (non-hydrogen) atoms. The number of allylic oxidation sites excluding steroid dienone is 2. The Bertz CT molecular complexity index is 910. The summed E-state index contributed by atoms with van der Waals surface area (Å²) in [6.45, 7) is 0. The zero-order valence-electron chi connectivity index (χ0n) is 13.0. The fourth-order valence-corrected chi connectivity index (χ4v) is 4.57. The summed E-state index contributed by atoms with van der Waals surface area (Å²) < 4.78 is 0. The van der Waals surface area contributed by atoms with Gasteiger partial charge in [-0.05, 0) is 41.7 Å². The molecule has 1 aliphatic heterocycles. The van der Waals surface area contributed by atoms with E-state index in [0.29, 0.717) is 20.8 Å². The van der Waals surface area contributed by atoms with Crippen LogP contribution in [0.4, 0.5) is 5.69 Å². The Morgan fingerprint density at radius 1 is 1.12 bits per heavy atom. The number of nitrogens with one attached hydrogen (secondary N) is 1. The quantitative estimate of drug-likeness (QED) is 0.599. The number of carboxylic acid groups (broad SMARTS) is 1. The average Bonchev–Trinajstić information content (AvgIpc) is 3.07. The van der Waals surface area contributed by atoms with Crippen molar-refractivity contribution in [2.75, 3.05) is 5.32 Å². The van der Waals surface area contributed by atoms with E-state index in [1.807, 2.05) is 12.1 Å². The molecule has 3 nitrogen and oxygen atoms in total. The Morgan fingerprint density at radius 3 is 2.68 bits per heavy atom. The molecule has 1 heterocycles. The third-order valence-corrected chi connectivity index (χ3v) is 6.16. The maximum absolute atomic E-state index is 11.7. The van der Waals surface area contributed by atoms with Crippen molar-refractivity contribution in [1.29, 1.82) is 0 Å². The number of rotatable bonds is 2. The molecule has 1 aliphatic carbocycles. The van der Waals surface area contributed by atoms with Crippen LogP contribution in [0.15, 0.2) is 42.5 Å². The molecule has 0 spiro atoms. The Hall–Kier alpha value is -1.68. The number of carbonyl (C=O) groups is 1. The molecule has 0 unspecified atom stereocenters. The number of carboxylic acids is 1. The van der Waals surface area contributed by atoms with Crippen LogP contribution in [0.2, 0.25) is 15.1 Å². The number of halogens is 3. The highest BCUT2D eigenvalue weighted by molar-refractivity contribution is 6.42. The lowest BCUT2D eigenvalue weighted by Crippen LogP contribution is -2.31. The second-order valence-electron chi connectivity index (χ2n) is 6.31. The molecule has 0 saturated heterocycles. The number of hydrogen-bond acceptors (Lipinski definition) is 2. The van der Waals surface area contributed by atoms with Crippen LogP contribution in [-0.4, -0.2) is 11.1 Å². The van der Waals surface area contributed by atoms with E-state index in [1.54, 1.807) is 18.2 Å². The molecular formula is C19H14Cl3NO2. The smallest absolute Gasteiger partial charge is 0.336 e. The standard InChI is InChI=1S/C19H14Cl3NO2/c20-13-6-2-5-12(16(13)22)17-10-4-1-3-9(10)15-11(19(24)25)7-8-14(21)18(15)23-17/h1-3,5-10,17,23H,4H2,(H,24,25)/t9-,10+,17+/m1/s1. The molecule has 2 aromatic rings. The number of aromatic carboxylic acids is 1. The highest BCUT2D eigenvalue weighted by Gasteiger charge is 2.41. The van der Waals surface area contributed by atoms with E-state index in [0.717, 1.165) is 17.5 Å². The predicted molar refractivity (Wildman–Crippen MR) is 101 cm³/mol. The summed E-state index contributed by atoms with van der Waals surface area (Å²) in [5.74, 6) is -0.825. The van der Waals surface area contributed by atoms with Crippen LogP contribution in [0.25, 0.3) is 0 Å². The molecule has 6 heteroatoms. The molecule has 2 aromatic carbocycles. The lowest BCUT2D eigenvalue weighted by Gasteiger charge is -2.39. The predicted octanol–water partition coefficient (Wildman–Crippen LogP) is 6.17. The minimum atomic E-state index is -0.951. The summed E-state index contributed by atoms with van der Waals surface area (Å²) in [5.41, 5.74) is 2.59.